The summed E-state index contributed by atoms with van der Waals surface area (Å²) in [6.45, 7) is 14.2. The van der Waals surface area contributed by atoms with Crippen molar-refractivity contribution in [3.8, 4) is 0 Å². The van der Waals surface area contributed by atoms with Gasteiger partial charge in [0.25, 0.3) is 0 Å². The highest BCUT2D eigenvalue weighted by atomic mass is 35.5. The third-order valence-corrected chi connectivity index (χ3v) is 6.21. The summed E-state index contributed by atoms with van der Waals surface area (Å²) in [5.41, 5.74) is 2.64. The molecule has 0 saturated heterocycles. The van der Waals surface area contributed by atoms with Crippen molar-refractivity contribution in [2.75, 3.05) is 0 Å². The molecule has 6 heteroatoms. The van der Waals surface area contributed by atoms with Crippen LogP contribution in [0.15, 0.2) is 42.5 Å². The van der Waals surface area contributed by atoms with Crippen LogP contribution < -0.4 is 5.32 Å². The average molecular weight is 492 g/mol. The lowest BCUT2D eigenvalue weighted by Gasteiger charge is -2.32. The Kier molecular flexibility index (Phi) is 9.01. The van der Waals surface area contributed by atoms with E-state index >= 15 is 0 Å². The van der Waals surface area contributed by atoms with E-state index in [-0.39, 0.29) is 30.2 Å². The van der Waals surface area contributed by atoms with E-state index in [2.05, 4.69) is 50.4 Å². The second-order valence-corrected chi connectivity index (χ2v) is 11.4. The molecule has 2 aromatic carbocycles. The summed E-state index contributed by atoms with van der Waals surface area (Å²) in [5.74, 6) is -0.337. The Morgan fingerprint density at radius 1 is 0.939 bits per heavy atom. The molecule has 2 rings (SSSR count). The van der Waals surface area contributed by atoms with Crippen LogP contribution in [-0.2, 0) is 28.0 Å². The first-order valence-corrected chi connectivity index (χ1v) is 12.1. The van der Waals surface area contributed by atoms with Crippen molar-refractivity contribution in [3.63, 3.8) is 0 Å². The number of aryl methyl sites for hydroxylation is 1. The van der Waals surface area contributed by atoms with Gasteiger partial charge in [-0.3, -0.25) is 9.59 Å². The van der Waals surface area contributed by atoms with Crippen LogP contribution in [0, 0.1) is 0 Å². The van der Waals surface area contributed by atoms with E-state index in [9.17, 15) is 9.59 Å². The van der Waals surface area contributed by atoms with Crippen LogP contribution in [0.5, 0.6) is 0 Å². The number of amides is 2. The van der Waals surface area contributed by atoms with Gasteiger partial charge in [-0.25, -0.2) is 0 Å². The summed E-state index contributed by atoms with van der Waals surface area (Å²) in [7, 11) is 0. The fourth-order valence-corrected chi connectivity index (χ4v) is 3.99. The smallest absolute Gasteiger partial charge is 0.242 e. The molecule has 1 unspecified atom stereocenters. The van der Waals surface area contributed by atoms with E-state index in [1.54, 1.807) is 30.0 Å². The molecule has 0 saturated carbocycles. The van der Waals surface area contributed by atoms with Gasteiger partial charge in [-0.1, -0.05) is 74.3 Å². The van der Waals surface area contributed by atoms with Crippen molar-refractivity contribution in [1.29, 1.82) is 0 Å². The van der Waals surface area contributed by atoms with Crippen molar-refractivity contribution in [2.45, 2.75) is 84.8 Å². The van der Waals surface area contributed by atoms with Crippen molar-refractivity contribution >= 4 is 35.0 Å². The second kappa shape index (κ2) is 10.9. The van der Waals surface area contributed by atoms with Gasteiger partial charge < -0.3 is 10.2 Å². The number of nitrogens with zero attached hydrogens (tertiary/aromatic N) is 1. The molecule has 2 aromatic rings. The zero-order valence-corrected chi connectivity index (χ0v) is 22.3. The summed E-state index contributed by atoms with van der Waals surface area (Å²) in [6, 6.07) is 12.9. The van der Waals surface area contributed by atoms with Crippen LogP contribution in [0.25, 0.3) is 0 Å². The summed E-state index contributed by atoms with van der Waals surface area (Å²) in [4.78, 5) is 27.8. The highest BCUT2D eigenvalue weighted by Crippen LogP contribution is 2.27. The highest BCUT2D eigenvalue weighted by Gasteiger charge is 2.29. The largest absolute Gasteiger partial charge is 0.350 e. The molecule has 0 aliphatic heterocycles. The number of carbonyl (C=O) groups is 2. The van der Waals surface area contributed by atoms with Gasteiger partial charge in [0.15, 0.2) is 0 Å². The fourth-order valence-electron chi connectivity index (χ4n) is 3.48. The van der Waals surface area contributed by atoms with E-state index in [1.165, 1.54) is 5.56 Å². The van der Waals surface area contributed by atoms with E-state index in [1.807, 2.05) is 20.8 Å². The SMILES string of the molecule is CC(C(=O)NC(C)(C)C)N(Cc1c(Cl)cccc1Cl)C(=O)CCc1ccc(C(C)(C)C)cc1. The van der Waals surface area contributed by atoms with Crippen LogP contribution in [-0.4, -0.2) is 28.3 Å². The quantitative estimate of drug-likeness (QED) is 0.477. The van der Waals surface area contributed by atoms with Crippen molar-refractivity contribution in [2.24, 2.45) is 0 Å². The van der Waals surface area contributed by atoms with Gasteiger partial charge in [-0.15, -0.1) is 0 Å². The Bertz CT molecular complexity index is 953. The fraction of sp³-hybridized carbons (Fsp3) is 0.481. The monoisotopic (exact) mass is 490 g/mol. The summed E-state index contributed by atoms with van der Waals surface area (Å²) >= 11 is 12.7. The van der Waals surface area contributed by atoms with Crippen LogP contribution in [0.3, 0.4) is 0 Å². The van der Waals surface area contributed by atoms with Crippen LogP contribution in [0.1, 0.15) is 71.6 Å². The number of benzene rings is 2. The van der Waals surface area contributed by atoms with Gasteiger partial charge >= 0.3 is 0 Å². The minimum Gasteiger partial charge on any atom is -0.350 e. The molecular formula is C27H36Cl2N2O2. The lowest BCUT2D eigenvalue weighted by atomic mass is 9.86. The topological polar surface area (TPSA) is 49.4 Å². The van der Waals surface area contributed by atoms with Gasteiger partial charge in [-0.2, -0.15) is 0 Å². The predicted octanol–water partition coefficient (Wildman–Crippen LogP) is 6.56. The molecule has 0 radical (unpaired) electrons. The number of carbonyl (C=O) groups excluding carboxylic acids is 2. The summed E-state index contributed by atoms with van der Waals surface area (Å²) in [5, 5.41) is 3.91. The first-order valence-electron chi connectivity index (χ1n) is 11.3. The molecule has 0 aromatic heterocycles. The summed E-state index contributed by atoms with van der Waals surface area (Å²) in [6.07, 6.45) is 0.869. The number of hydrogen-bond donors (Lipinski definition) is 1. The maximum Gasteiger partial charge on any atom is 0.242 e. The molecule has 1 atom stereocenters. The van der Waals surface area contributed by atoms with Gasteiger partial charge in [0.05, 0.1) is 0 Å². The third-order valence-electron chi connectivity index (χ3n) is 5.50. The van der Waals surface area contributed by atoms with E-state index < -0.39 is 11.6 Å². The maximum atomic E-state index is 13.3. The molecule has 4 nitrogen and oxygen atoms in total. The van der Waals surface area contributed by atoms with Gasteiger partial charge in [-0.05, 0) is 62.8 Å². The first kappa shape index (κ1) is 27.2. The molecule has 1 N–H and O–H groups in total. The van der Waals surface area contributed by atoms with Crippen molar-refractivity contribution in [3.05, 3.63) is 69.2 Å². The molecule has 180 valence electrons. The van der Waals surface area contributed by atoms with Gasteiger partial charge in [0, 0.05) is 34.1 Å². The molecule has 0 bridgehead atoms. The van der Waals surface area contributed by atoms with Crippen LogP contribution >= 0.6 is 23.2 Å². The number of nitrogens with one attached hydrogen (secondary N) is 1. The Balaban J connectivity index is 2.22. The molecule has 33 heavy (non-hydrogen) atoms. The molecule has 0 spiro atoms. The Morgan fingerprint density at radius 3 is 1.97 bits per heavy atom. The lowest BCUT2D eigenvalue weighted by Crippen LogP contribution is -2.52. The number of hydrogen-bond acceptors (Lipinski definition) is 2. The minimum atomic E-state index is -0.674. The van der Waals surface area contributed by atoms with Crippen molar-refractivity contribution in [1.82, 2.24) is 10.2 Å². The minimum absolute atomic E-state index is 0.0786. The Morgan fingerprint density at radius 2 is 1.48 bits per heavy atom. The zero-order valence-electron chi connectivity index (χ0n) is 20.8. The van der Waals surface area contributed by atoms with Crippen molar-refractivity contribution < 1.29 is 9.59 Å². The summed E-state index contributed by atoms with van der Waals surface area (Å²) < 4.78 is 0. The van der Waals surface area contributed by atoms with Crippen LogP contribution in [0.2, 0.25) is 10.0 Å². The van der Waals surface area contributed by atoms with Gasteiger partial charge in [0.1, 0.15) is 6.04 Å². The number of halogens is 2. The van der Waals surface area contributed by atoms with Gasteiger partial charge in [0.2, 0.25) is 11.8 Å². The Labute approximate surface area is 208 Å². The maximum absolute atomic E-state index is 13.3. The molecule has 0 fully saturated rings. The molecular weight excluding hydrogens is 455 g/mol. The van der Waals surface area contributed by atoms with Crippen LogP contribution in [0.4, 0.5) is 0 Å². The molecule has 2 amide bonds. The van der Waals surface area contributed by atoms with E-state index in [0.29, 0.717) is 22.0 Å². The standard InChI is InChI=1S/C27H36Cl2N2O2/c1-18(25(33)30-27(5,6)7)31(17-21-22(28)9-8-10-23(21)29)24(32)16-13-19-11-14-20(15-12-19)26(2,3)4/h8-12,14-15,18H,13,16-17H2,1-7H3,(H,30,33). The third kappa shape index (κ3) is 8.04. The second-order valence-electron chi connectivity index (χ2n) is 10.6. The molecule has 0 aliphatic rings. The average Bonchev–Trinajstić information content (AvgIpc) is 2.70. The predicted molar refractivity (Wildman–Crippen MR) is 138 cm³/mol. The normalized spacial score (nSPS) is 12.9. The highest BCUT2D eigenvalue weighted by molar-refractivity contribution is 6.36. The number of rotatable bonds is 7. The lowest BCUT2D eigenvalue weighted by molar-refractivity contribution is -0.141. The van der Waals surface area contributed by atoms with E-state index in [0.717, 1.165) is 5.56 Å². The first-order chi connectivity index (χ1) is 15.2. The molecule has 0 aliphatic carbocycles. The zero-order chi connectivity index (χ0) is 25.0. The molecule has 0 heterocycles. The Hall–Kier alpha value is -2.04. The van der Waals surface area contributed by atoms with E-state index in [4.69, 9.17) is 23.2 Å².